The fourth-order valence-electron chi connectivity index (χ4n) is 2.59. The summed E-state index contributed by atoms with van der Waals surface area (Å²) in [5.41, 5.74) is 0. The largest absolute Gasteiger partial charge is 0.339 e. The van der Waals surface area contributed by atoms with Crippen molar-refractivity contribution >= 4 is 11.8 Å². The van der Waals surface area contributed by atoms with Gasteiger partial charge in [0.2, 0.25) is 11.8 Å². The van der Waals surface area contributed by atoms with Crippen LogP contribution in [0.15, 0.2) is 0 Å². The summed E-state index contributed by atoms with van der Waals surface area (Å²) in [6.07, 6.45) is 5.23. The van der Waals surface area contributed by atoms with Crippen molar-refractivity contribution in [1.82, 2.24) is 15.1 Å². The Balaban J connectivity index is 1.36. The first-order chi connectivity index (χ1) is 9.24. The van der Waals surface area contributed by atoms with Gasteiger partial charge in [0.25, 0.3) is 0 Å². The molecule has 0 aromatic carbocycles. The number of carbonyl (C=O) groups is 2. The summed E-state index contributed by atoms with van der Waals surface area (Å²) in [5.74, 6) is 0.833. The van der Waals surface area contributed by atoms with Crippen molar-refractivity contribution in [2.75, 3.05) is 32.7 Å². The molecule has 3 rings (SSSR count). The zero-order valence-corrected chi connectivity index (χ0v) is 11.4. The zero-order valence-electron chi connectivity index (χ0n) is 11.4. The van der Waals surface area contributed by atoms with Crippen LogP contribution < -0.4 is 5.32 Å². The molecule has 106 valence electrons. The topological polar surface area (TPSA) is 52.7 Å². The van der Waals surface area contributed by atoms with Crippen LogP contribution >= 0.6 is 0 Å². The van der Waals surface area contributed by atoms with Crippen LogP contribution in [0, 0.1) is 5.92 Å². The van der Waals surface area contributed by atoms with Gasteiger partial charge in [-0.1, -0.05) is 0 Å². The highest BCUT2D eigenvalue weighted by molar-refractivity contribution is 5.81. The number of hydrogen-bond donors (Lipinski definition) is 1. The Morgan fingerprint density at radius 1 is 0.947 bits per heavy atom. The van der Waals surface area contributed by atoms with Gasteiger partial charge >= 0.3 is 0 Å². The maximum absolute atomic E-state index is 12.0. The average molecular weight is 265 g/mol. The number of piperazine rings is 1. The first-order valence-corrected chi connectivity index (χ1v) is 7.54. The molecule has 2 aliphatic carbocycles. The molecule has 1 heterocycles. The molecule has 5 heteroatoms. The van der Waals surface area contributed by atoms with Crippen molar-refractivity contribution in [3.63, 3.8) is 0 Å². The first-order valence-electron chi connectivity index (χ1n) is 7.54. The minimum absolute atomic E-state index is 0.228. The molecule has 5 nitrogen and oxygen atoms in total. The maximum Gasteiger partial charge on any atom is 0.225 e. The van der Waals surface area contributed by atoms with Crippen LogP contribution in [0.5, 0.6) is 0 Å². The number of carbonyl (C=O) groups excluding carboxylic acids is 2. The van der Waals surface area contributed by atoms with Crippen LogP contribution in [0.2, 0.25) is 0 Å². The molecule has 0 aromatic rings. The molecule has 1 N–H and O–H groups in total. The standard InChI is InChI=1S/C14H23N3O2/c18-13(5-6-15-12-3-4-12)16-7-9-17(10-8-16)14(19)11-1-2-11/h11-12,15H,1-10H2. The highest BCUT2D eigenvalue weighted by Crippen LogP contribution is 2.31. The summed E-state index contributed by atoms with van der Waals surface area (Å²) >= 11 is 0. The summed E-state index contributed by atoms with van der Waals surface area (Å²) < 4.78 is 0. The predicted molar refractivity (Wildman–Crippen MR) is 71.5 cm³/mol. The van der Waals surface area contributed by atoms with E-state index < -0.39 is 0 Å². The van der Waals surface area contributed by atoms with Crippen molar-refractivity contribution in [2.45, 2.75) is 38.1 Å². The molecule has 3 fully saturated rings. The maximum atomic E-state index is 12.0. The van der Waals surface area contributed by atoms with E-state index in [2.05, 4.69) is 5.32 Å². The molecule has 2 saturated carbocycles. The van der Waals surface area contributed by atoms with Gasteiger partial charge in [0.1, 0.15) is 0 Å². The third-order valence-corrected chi connectivity index (χ3v) is 4.22. The van der Waals surface area contributed by atoms with Crippen molar-refractivity contribution < 1.29 is 9.59 Å². The number of rotatable bonds is 5. The lowest BCUT2D eigenvalue weighted by atomic mass is 10.2. The van der Waals surface area contributed by atoms with Crippen LogP contribution in [0.25, 0.3) is 0 Å². The lowest BCUT2D eigenvalue weighted by Gasteiger charge is -2.35. The second-order valence-electron chi connectivity index (χ2n) is 5.96. The Morgan fingerprint density at radius 3 is 2.16 bits per heavy atom. The van der Waals surface area contributed by atoms with Gasteiger partial charge in [-0.25, -0.2) is 0 Å². The summed E-state index contributed by atoms with van der Waals surface area (Å²) in [5, 5.41) is 3.36. The van der Waals surface area contributed by atoms with Crippen molar-refractivity contribution in [2.24, 2.45) is 5.92 Å². The van der Waals surface area contributed by atoms with E-state index in [-0.39, 0.29) is 5.91 Å². The van der Waals surface area contributed by atoms with Gasteiger partial charge in [-0.2, -0.15) is 0 Å². The summed E-state index contributed by atoms with van der Waals surface area (Å²) in [6, 6.07) is 0.667. The Hall–Kier alpha value is -1.10. The Labute approximate surface area is 114 Å². The normalized spacial score (nSPS) is 23.6. The Bertz CT molecular complexity index is 356. The van der Waals surface area contributed by atoms with Crippen molar-refractivity contribution in [3.05, 3.63) is 0 Å². The third kappa shape index (κ3) is 3.47. The minimum atomic E-state index is 0.228. The smallest absolute Gasteiger partial charge is 0.225 e. The van der Waals surface area contributed by atoms with Gasteiger partial charge in [0, 0.05) is 51.1 Å². The number of nitrogens with zero attached hydrogens (tertiary/aromatic N) is 2. The van der Waals surface area contributed by atoms with E-state index in [9.17, 15) is 9.59 Å². The monoisotopic (exact) mass is 265 g/mol. The Morgan fingerprint density at radius 2 is 1.58 bits per heavy atom. The molecule has 1 saturated heterocycles. The van der Waals surface area contributed by atoms with Gasteiger partial charge in [-0.3, -0.25) is 9.59 Å². The molecule has 3 aliphatic rings. The molecule has 0 unspecified atom stereocenters. The second kappa shape index (κ2) is 5.49. The molecule has 0 bridgehead atoms. The zero-order chi connectivity index (χ0) is 13.2. The van der Waals surface area contributed by atoms with Crippen LogP contribution in [0.1, 0.15) is 32.1 Å². The van der Waals surface area contributed by atoms with Crippen molar-refractivity contribution in [3.8, 4) is 0 Å². The summed E-state index contributed by atoms with van der Waals surface area (Å²) in [6.45, 7) is 3.65. The third-order valence-electron chi connectivity index (χ3n) is 4.22. The molecule has 19 heavy (non-hydrogen) atoms. The van der Waals surface area contributed by atoms with Gasteiger partial charge in [0.05, 0.1) is 0 Å². The van der Waals surface area contributed by atoms with E-state index in [0.717, 1.165) is 32.5 Å². The summed E-state index contributed by atoms with van der Waals surface area (Å²) in [7, 11) is 0. The first kappa shape index (κ1) is 12.9. The van der Waals surface area contributed by atoms with Gasteiger partial charge in [-0.15, -0.1) is 0 Å². The molecule has 2 amide bonds. The number of hydrogen-bond acceptors (Lipinski definition) is 3. The second-order valence-corrected chi connectivity index (χ2v) is 5.96. The van der Waals surface area contributed by atoms with Gasteiger partial charge in [-0.05, 0) is 25.7 Å². The Kier molecular flexibility index (Phi) is 3.73. The van der Waals surface area contributed by atoms with E-state index in [1.165, 1.54) is 12.8 Å². The van der Waals surface area contributed by atoms with E-state index >= 15 is 0 Å². The fourth-order valence-corrected chi connectivity index (χ4v) is 2.59. The van der Waals surface area contributed by atoms with Crippen molar-refractivity contribution in [1.29, 1.82) is 0 Å². The van der Waals surface area contributed by atoms with Crippen LogP contribution in [0.4, 0.5) is 0 Å². The van der Waals surface area contributed by atoms with E-state index in [1.807, 2.05) is 9.80 Å². The predicted octanol–water partition coefficient (Wildman–Crippen LogP) is 0.209. The van der Waals surface area contributed by atoms with E-state index in [4.69, 9.17) is 0 Å². The minimum Gasteiger partial charge on any atom is -0.339 e. The van der Waals surface area contributed by atoms with Gasteiger partial charge in [0.15, 0.2) is 0 Å². The van der Waals surface area contributed by atoms with E-state index in [1.54, 1.807) is 0 Å². The molecular weight excluding hydrogens is 242 g/mol. The fraction of sp³-hybridized carbons (Fsp3) is 0.857. The number of nitrogens with one attached hydrogen (secondary N) is 1. The van der Waals surface area contributed by atoms with Gasteiger partial charge < -0.3 is 15.1 Å². The molecule has 0 radical (unpaired) electrons. The molecule has 0 aromatic heterocycles. The number of amides is 2. The summed E-state index contributed by atoms with van der Waals surface area (Å²) in [4.78, 5) is 27.8. The highest BCUT2D eigenvalue weighted by atomic mass is 16.2. The molecular formula is C14H23N3O2. The van der Waals surface area contributed by atoms with Crippen LogP contribution in [0.3, 0.4) is 0 Å². The SMILES string of the molecule is O=C(CCNC1CC1)N1CCN(C(=O)C2CC2)CC1. The average Bonchev–Trinajstić information content (AvgIpc) is 3.29. The quantitative estimate of drug-likeness (QED) is 0.773. The highest BCUT2D eigenvalue weighted by Gasteiger charge is 2.35. The van der Waals surface area contributed by atoms with Crippen LogP contribution in [-0.2, 0) is 9.59 Å². The molecule has 0 atom stereocenters. The lowest BCUT2D eigenvalue weighted by Crippen LogP contribution is -2.51. The lowest BCUT2D eigenvalue weighted by molar-refractivity contribution is -0.140. The molecule has 0 spiro atoms. The molecule has 1 aliphatic heterocycles. The van der Waals surface area contributed by atoms with E-state index in [0.29, 0.717) is 37.4 Å². The van der Waals surface area contributed by atoms with Crippen LogP contribution in [-0.4, -0.2) is 60.4 Å².